The topological polar surface area (TPSA) is 80.5 Å². The fourth-order valence-corrected chi connectivity index (χ4v) is 4.62. The Morgan fingerprint density at radius 2 is 1.76 bits per heavy atom. The van der Waals surface area contributed by atoms with E-state index in [0.29, 0.717) is 12.1 Å². The smallest absolute Gasteiger partial charge is 0.243 e. The number of Topliss-reactive ketones (excluding diaryl/α,β-unsaturated/α-hetero) is 1. The van der Waals surface area contributed by atoms with Gasteiger partial charge in [-0.2, -0.15) is 4.31 Å². The molecule has 2 aromatic rings. The van der Waals surface area contributed by atoms with Crippen LogP contribution in [0.5, 0.6) is 0 Å². The van der Waals surface area contributed by atoms with Crippen molar-refractivity contribution >= 4 is 28.2 Å². The van der Waals surface area contributed by atoms with Crippen molar-refractivity contribution in [2.45, 2.75) is 23.8 Å². The van der Waals surface area contributed by atoms with Gasteiger partial charge in [0.05, 0.1) is 4.90 Å². The van der Waals surface area contributed by atoms with Crippen LogP contribution in [0.2, 0.25) is 0 Å². The number of ketones is 1. The molecular formula is C18H21ClN2O3S. The molecule has 0 aromatic heterocycles. The minimum Gasteiger partial charge on any atom is -0.326 e. The summed E-state index contributed by atoms with van der Waals surface area (Å²) in [4.78, 5) is 11.6. The molecule has 2 aromatic carbocycles. The zero-order valence-corrected chi connectivity index (χ0v) is 15.5. The fourth-order valence-electron chi connectivity index (χ4n) is 3.07. The lowest BCUT2D eigenvalue weighted by molar-refractivity contribution is 0.101. The van der Waals surface area contributed by atoms with E-state index >= 15 is 0 Å². The van der Waals surface area contributed by atoms with E-state index in [1.54, 1.807) is 12.1 Å². The summed E-state index contributed by atoms with van der Waals surface area (Å²) in [5, 5.41) is 0. The summed E-state index contributed by atoms with van der Waals surface area (Å²) >= 11 is 0. The van der Waals surface area contributed by atoms with Gasteiger partial charge in [-0.3, -0.25) is 4.79 Å². The highest BCUT2D eigenvalue weighted by Crippen LogP contribution is 2.30. The first-order chi connectivity index (χ1) is 11.4. The number of sulfonamides is 1. The van der Waals surface area contributed by atoms with Gasteiger partial charge in [0.1, 0.15) is 0 Å². The third-order valence-electron chi connectivity index (χ3n) is 4.44. The number of hydrogen-bond acceptors (Lipinski definition) is 4. The number of halogens is 1. The summed E-state index contributed by atoms with van der Waals surface area (Å²) in [6, 6.07) is 15.6. The van der Waals surface area contributed by atoms with Gasteiger partial charge in [-0.25, -0.2) is 8.42 Å². The molecule has 1 aliphatic heterocycles. The van der Waals surface area contributed by atoms with Crippen LogP contribution in [-0.4, -0.2) is 37.6 Å². The van der Waals surface area contributed by atoms with Crippen LogP contribution in [0.1, 0.15) is 28.8 Å². The molecule has 0 saturated carbocycles. The highest BCUT2D eigenvalue weighted by molar-refractivity contribution is 7.89. The van der Waals surface area contributed by atoms with E-state index in [4.69, 9.17) is 5.73 Å². The van der Waals surface area contributed by atoms with Gasteiger partial charge in [-0.15, -0.1) is 12.4 Å². The van der Waals surface area contributed by atoms with Crippen LogP contribution in [0, 0.1) is 0 Å². The van der Waals surface area contributed by atoms with Crippen LogP contribution in [0.25, 0.3) is 0 Å². The second kappa shape index (κ2) is 7.66. The van der Waals surface area contributed by atoms with Crippen molar-refractivity contribution in [3.05, 3.63) is 65.7 Å². The molecule has 25 heavy (non-hydrogen) atoms. The first-order valence-electron chi connectivity index (χ1n) is 7.81. The number of hydrogen-bond donors (Lipinski definition) is 1. The van der Waals surface area contributed by atoms with Gasteiger partial charge < -0.3 is 5.73 Å². The first kappa shape index (κ1) is 19.6. The van der Waals surface area contributed by atoms with E-state index in [2.05, 4.69) is 0 Å². The van der Waals surface area contributed by atoms with Crippen molar-refractivity contribution in [1.29, 1.82) is 0 Å². The third kappa shape index (κ3) is 3.93. The maximum Gasteiger partial charge on any atom is 0.243 e. The van der Waals surface area contributed by atoms with Gasteiger partial charge in [0, 0.05) is 30.6 Å². The Balaban J connectivity index is 0.00000225. The molecule has 5 nitrogen and oxygen atoms in total. The van der Waals surface area contributed by atoms with Crippen molar-refractivity contribution in [3.63, 3.8) is 0 Å². The molecular weight excluding hydrogens is 360 g/mol. The van der Waals surface area contributed by atoms with E-state index in [-0.39, 0.29) is 41.6 Å². The molecule has 0 aliphatic carbocycles. The van der Waals surface area contributed by atoms with Crippen LogP contribution >= 0.6 is 12.4 Å². The van der Waals surface area contributed by atoms with Gasteiger partial charge in [-0.1, -0.05) is 42.5 Å². The summed E-state index contributed by atoms with van der Waals surface area (Å²) < 4.78 is 27.2. The monoisotopic (exact) mass is 380 g/mol. The third-order valence-corrected chi connectivity index (χ3v) is 6.27. The second-order valence-electron chi connectivity index (χ2n) is 6.09. The normalized spacial score (nSPS) is 20.9. The van der Waals surface area contributed by atoms with E-state index in [9.17, 15) is 13.2 Å². The molecule has 134 valence electrons. The van der Waals surface area contributed by atoms with E-state index in [1.165, 1.54) is 23.4 Å². The summed E-state index contributed by atoms with van der Waals surface area (Å²) in [6.45, 7) is 2.03. The van der Waals surface area contributed by atoms with Crippen LogP contribution in [-0.2, 0) is 10.0 Å². The SMILES string of the molecule is CC(=O)c1cccc(S(=O)(=O)N2C[C@@H](N)[C@H](c3ccccc3)C2)c1.Cl. The lowest BCUT2D eigenvalue weighted by Crippen LogP contribution is -2.32. The van der Waals surface area contributed by atoms with Crippen molar-refractivity contribution in [1.82, 2.24) is 4.31 Å². The molecule has 0 amide bonds. The van der Waals surface area contributed by atoms with Crippen molar-refractivity contribution in [2.24, 2.45) is 5.73 Å². The maximum absolute atomic E-state index is 12.9. The average molecular weight is 381 g/mol. The van der Waals surface area contributed by atoms with Gasteiger partial charge in [-0.05, 0) is 24.6 Å². The molecule has 1 saturated heterocycles. The number of benzene rings is 2. The highest BCUT2D eigenvalue weighted by atomic mass is 35.5. The van der Waals surface area contributed by atoms with E-state index in [0.717, 1.165) is 5.56 Å². The molecule has 1 aliphatic rings. The first-order valence-corrected chi connectivity index (χ1v) is 9.25. The Bertz CT molecular complexity index is 856. The van der Waals surface area contributed by atoms with Crippen molar-refractivity contribution in [3.8, 4) is 0 Å². The Kier molecular flexibility index (Phi) is 6.00. The maximum atomic E-state index is 12.9. The Morgan fingerprint density at radius 3 is 2.40 bits per heavy atom. The molecule has 0 spiro atoms. The van der Waals surface area contributed by atoms with Gasteiger partial charge in [0.2, 0.25) is 10.0 Å². The summed E-state index contributed by atoms with van der Waals surface area (Å²) in [5.74, 6) is -0.190. The fraction of sp³-hybridized carbons (Fsp3) is 0.278. The van der Waals surface area contributed by atoms with Crippen LogP contribution in [0.15, 0.2) is 59.5 Å². The van der Waals surface area contributed by atoms with Gasteiger partial charge >= 0.3 is 0 Å². The Hall–Kier alpha value is -1.73. The van der Waals surface area contributed by atoms with Crippen molar-refractivity contribution < 1.29 is 13.2 Å². The number of carbonyl (C=O) groups excluding carboxylic acids is 1. The molecule has 1 heterocycles. The molecule has 7 heteroatoms. The minimum atomic E-state index is -3.67. The Morgan fingerprint density at radius 1 is 1.08 bits per heavy atom. The zero-order chi connectivity index (χ0) is 17.3. The summed E-state index contributed by atoms with van der Waals surface area (Å²) in [5.41, 5.74) is 7.62. The minimum absolute atomic E-state index is 0. The Labute approximate surface area is 154 Å². The molecule has 0 radical (unpaired) electrons. The summed E-state index contributed by atoms with van der Waals surface area (Å²) in [7, 11) is -3.67. The van der Waals surface area contributed by atoms with Crippen LogP contribution in [0.3, 0.4) is 0 Å². The van der Waals surface area contributed by atoms with E-state index in [1.807, 2.05) is 30.3 Å². The molecule has 3 rings (SSSR count). The zero-order valence-electron chi connectivity index (χ0n) is 13.8. The molecule has 2 N–H and O–H groups in total. The number of carbonyl (C=O) groups is 1. The van der Waals surface area contributed by atoms with Crippen molar-refractivity contribution in [2.75, 3.05) is 13.1 Å². The number of rotatable bonds is 4. The molecule has 2 atom stereocenters. The summed E-state index contributed by atoms with van der Waals surface area (Å²) in [6.07, 6.45) is 0. The van der Waals surface area contributed by atoms with E-state index < -0.39 is 10.0 Å². The molecule has 0 unspecified atom stereocenters. The quantitative estimate of drug-likeness (QED) is 0.826. The second-order valence-corrected chi connectivity index (χ2v) is 8.03. The van der Waals surface area contributed by atoms with Gasteiger partial charge in [0.15, 0.2) is 5.78 Å². The number of nitrogens with zero attached hydrogens (tertiary/aromatic N) is 1. The average Bonchev–Trinajstić information content (AvgIpc) is 2.98. The molecule has 0 bridgehead atoms. The standard InChI is InChI=1S/C18H20N2O3S.ClH/c1-13(21)15-8-5-9-16(10-15)24(22,23)20-11-17(18(19)12-20)14-6-3-2-4-7-14;/h2-10,17-18H,11-12,19H2,1H3;1H/t17-,18+;/m0./s1. The predicted molar refractivity (Wildman–Crippen MR) is 99.6 cm³/mol. The van der Waals surface area contributed by atoms with Gasteiger partial charge in [0.25, 0.3) is 0 Å². The number of nitrogens with two attached hydrogens (primary N) is 1. The highest BCUT2D eigenvalue weighted by Gasteiger charge is 2.38. The van der Waals surface area contributed by atoms with Crippen LogP contribution in [0.4, 0.5) is 0 Å². The van der Waals surface area contributed by atoms with Crippen LogP contribution < -0.4 is 5.73 Å². The molecule has 1 fully saturated rings. The lowest BCUT2D eigenvalue weighted by atomic mass is 9.95. The predicted octanol–water partition coefficient (Wildman–Crippen LogP) is 2.43. The lowest BCUT2D eigenvalue weighted by Gasteiger charge is -2.17. The largest absolute Gasteiger partial charge is 0.326 e.